The number of carbonyl (C=O) groups is 1. The molecule has 3 heterocycles. The number of aliphatic hydroxyl groups is 2. The molecular weight excluding hydrogens is 400 g/mol. The van der Waals surface area contributed by atoms with Crippen LogP contribution in [0.2, 0.25) is 0 Å². The highest BCUT2D eigenvalue weighted by Gasteiger charge is 2.36. The molecule has 10 nitrogen and oxygen atoms in total. The quantitative estimate of drug-likeness (QED) is 0.339. The molecule has 164 valence electrons. The number of nitrogens with one attached hydrogen (secondary N) is 4. The fourth-order valence-electron chi connectivity index (χ4n) is 3.55. The minimum Gasteiger partial charge on any atom is -0.490 e. The average Bonchev–Trinajstić information content (AvgIpc) is 3.13. The smallest absolute Gasteiger partial charge is 0.276 e. The molecule has 31 heavy (non-hydrogen) atoms. The number of hydrogen-bond acceptors (Lipinski definition) is 9. The molecule has 1 aromatic rings. The number of para-hydroxylation sites is 1. The molecule has 0 radical (unpaired) electrons. The number of carbonyl (C=O) groups excluding carboxylic acids is 1. The minimum absolute atomic E-state index is 0.0189. The molecule has 1 aromatic carbocycles. The molecule has 3 aliphatic rings. The van der Waals surface area contributed by atoms with Crippen molar-refractivity contribution >= 4 is 11.7 Å². The summed E-state index contributed by atoms with van der Waals surface area (Å²) < 4.78 is 5.71. The van der Waals surface area contributed by atoms with E-state index in [0.29, 0.717) is 24.0 Å². The lowest BCUT2D eigenvalue weighted by molar-refractivity contribution is -0.118. The maximum absolute atomic E-state index is 13.0. The van der Waals surface area contributed by atoms with Crippen LogP contribution in [0.1, 0.15) is 18.5 Å². The molecule has 2 unspecified atom stereocenters. The predicted octanol–water partition coefficient (Wildman–Crippen LogP) is -0.414. The zero-order valence-electron chi connectivity index (χ0n) is 17.1. The van der Waals surface area contributed by atoms with E-state index in [2.05, 4.69) is 26.4 Å². The van der Waals surface area contributed by atoms with Gasteiger partial charge in [0.15, 0.2) is 0 Å². The van der Waals surface area contributed by atoms with Gasteiger partial charge in [0.2, 0.25) is 0 Å². The number of amidine groups is 1. The van der Waals surface area contributed by atoms with Gasteiger partial charge in [-0.15, -0.1) is 0 Å². The number of aliphatic imine (C=N–C) groups is 1. The summed E-state index contributed by atoms with van der Waals surface area (Å²) in [5, 5.41) is 29.5. The van der Waals surface area contributed by atoms with E-state index in [0.717, 1.165) is 11.3 Å². The second-order valence-electron chi connectivity index (χ2n) is 7.30. The lowest BCUT2D eigenvalue weighted by Crippen LogP contribution is -2.51. The fourth-order valence-corrected chi connectivity index (χ4v) is 3.55. The maximum atomic E-state index is 13.0. The Balaban J connectivity index is 1.51. The van der Waals surface area contributed by atoms with E-state index in [1.54, 1.807) is 23.4 Å². The third-order valence-electron chi connectivity index (χ3n) is 5.06. The number of rotatable bonds is 6. The van der Waals surface area contributed by atoms with Gasteiger partial charge in [-0.05, 0) is 25.1 Å². The molecular formula is C21H26N6O4. The third kappa shape index (κ3) is 4.55. The van der Waals surface area contributed by atoms with E-state index < -0.39 is 6.10 Å². The summed E-state index contributed by atoms with van der Waals surface area (Å²) >= 11 is 0. The Kier molecular flexibility index (Phi) is 6.21. The molecule has 0 saturated heterocycles. The van der Waals surface area contributed by atoms with E-state index in [-0.39, 0.29) is 31.3 Å². The summed E-state index contributed by atoms with van der Waals surface area (Å²) in [5.74, 6) is 0.816. The van der Waals surface area contributed by atoms with Gasteiger partial charge in [0.25, 0.3) is 5.91 Å². The summed E-state index contributed by atoms with van der Waals surface area (Å²) in [6.07, 6.45) is 6.26. The van der Waals surface area contributed by atoms with Crippen LogP contribution in [0.3, 0.4) is 0 Å². The van der Waals surface area contributed by atoms with Crippen molar-refractivity contribution in [1.82, 2.24) is 26.4 Å². The number of hydrazine groups is 1. The van der Waals surface area contributed by atoms with Gasteiger partial charge < -0.3 is 30.9 Å². The Morgan fingerprint density at radius 1 is 1.39 bits per heavy atom. The van der Waals surface area contributed by atoms with Crippen molar-refractivity contribution in [3.63, 3.8) is 0 Å². The second kappa shape index (κ2) is 9.21. The van der Waals surface area contributed by atoms with Crippen LogP contribution in [0, 0.1) is 0 Å². The van der Waals surface area contributed by atoms with E-state index in [4.69, 9.17) is 9.84 Å². The van der Waals surface area contributed by atoms with Crippen LogP contribution >= 0.6 is 0 Å². The van der Waals surface area contributed by atoms with Crippen molar-refractivity contribution in [3.05, 3.63) is 65.7 Å². The number of allylic oxidation sites excluding steroid dienone is 1. The first kappa shape index (κ1) is 20.9. The molecule has 0 aromatic heterocycles. The van der Waals surface area contributed by atoms with Crippen molar-refractivity contribution in [2.45, 2.75) is 25.2 Å². The number of amides is 1. The number of fused-ring (bicyclic) bond motifs is 1. The number of ether oxygens (including phenoxy) is 1. The summed E-state index contributed by atoms with van der Waals surface area (Å²) in [6, 6.07) is 7.19. The SMILES string of the molecule is CC1=C(C(=O)NC2=NCNC=C2)N2NC(c3ccccc3OC[C@H](O)CO)C=CC2N1. The lowest BCUT2D eigenvalue weighted by atomic mass is 10.0. The predicted molar refractivity (Wildman–Crippen MR) is 114 cm³/mol. The van der Waals surface area contributed by atoms with Crippen LogP contribution in [-0.4, -0.2) is 59.1 Å². The Bertz CT molecular complexity index is 957. The Morgan fingerprint density at radius 2 is 2.23 bits per heavy atom. The van der Waals surface area contributed by atoms with Gasteiger partial charge in [-0.2, -0.15) is 0 Å². The summed E-state index contributed by atoms with van der Waals surface area (Å²) in [7, 11) is 0. The normalized spacial score (nSPS) is 22.9. The Morgan fingerprint density at radius 3 is 3.00 bits per heavy atom. The first-order valence-electron chi connectivity index (χ1n) is 10.0. The minimum atomic E-state index is -0.956. The summed E-state index contributed by atoms with van der Waals surface area (Å²) in [4.78, 5) is 17.2. The molecule has 6 N–H and O–H groups in total. The highest BCUT2D eigenvalue weighted by molar-refractivity contribution is 6.10. The van der Waals surface area contributed by atoms with E-state index in [1.807, 2.05) is 37.3 Å². The largest absolute Gasteiger partial charge is 0.490 e. The molecule has 0 bridgehead atoms. The van der Waals surface area contributed by atoms with Crippen molar-refractivity contribution < 1.29 is 19.7 Å². The monoisotopic (exact) mass is 426 g/mol. The van der Waals surface area contributed by atoms with Gasteiger partial charge in [-0.1, -0.05) is 24.3 Å². The molecule has 10 heteroatoms. The van der Waals surface area contributed by atoms with Gasteiger partial charge in [0, 0.05) is 17.5 Å². The number of aliphatic hydroxyl groups excluding tert-OH is 2. The Hall–Kier alpha value is -3.34. The van der Waals surface area contributed by atoms with Crippen molar-refractivity contribution in [1.29, 1.82) is 0 Å². The molecule has 0 spiro atoms. The van der Waals surface area contributed by atoms with Crippen molar-refractivity contribution in [3.8, 4) is 5.75 Å². The summed E-state index contributed by atoms with van der Waals surface area (Å²) in [6.45, 7) is 1.88. The highest BCUT2D eigenvalue weighted by atomic mass is 16.5. The zero-order valence-corrected chi connectivity index (χ0v) is 17.1. The summed E-state index contributed by atoms with van der Waals surface area (Å²) in [5.41, 5.74) is 5.44. The molecule has 0 fully saturated rings. The number of hydrogen-bond donors (Lipinski definition) is 6. The third-order valence-corrected chi connectivity index (χ3v) is 5.06. The van der Waals surface area contributed by atoms with E-state index in [9.17, 15) is 9.90 Å². The molecule has 4 rings (SSSR count). The topological polar surface area (TPSA) is 130 Å². The lowest BCUT2D eigenvalue weighted by Gasteiger charge is -2.35. The highest BCUT2D eigenvalue weighted by Crippen LogP contribution is 2.32. The van der Waals surface area contributed by atoms with Crippen molar-refractivity contribution in [2.75, 3.05) is 19.9 Å². The zero-order chi connectivity index (χ0) is 21.8. The molecule has 1 amide bonds. The van der Waals surface area contributed by atoms with Crippen LogP contribution in [0.25, 0.3) is 0 Å². The van der Waals surface area contributed by atoms with Crippen LogP contribution in [0.4, 0.5) is 0 Å². The number of nitrogens with zero attached hydrogens (tertiary/aromatic N) is 2. The van der Waals surface area contributed by atoms with Crippen LogP contribution in [-0.2, 0) is 4.79 Å². The van der Waals surface area contributed by atoms with Gasteiger partial charge in [0.05, 0.1) is 12.6 Å². The molecule has 0 saturated carbocycles. The average molecular weight is 426 g/mol. The van der Waals surface area contributed by atoms with E-state index in [1.165, 1.54) is 0 Å². The second-order valence-corrected chi connectivity index (χ2v) is 7.30. The van der Waals surface area contributed by atoms with Crippen LogP contribution < -0.4 is 26.1 Å². The van der Waals surface area contributed by atoms with Crippen LogP contribution in [0.5, 0.6) is 5.75 Å². The molecule has 3 atom stereocenters. The molecule has 0 aliphatic carbocycles. The maximum Gasteiger partial charge on any atom is 0.276 e. The number of benzene rings is 1. The first-order valence-corrected chi connectivity index (χ1v) is 10.0. The fraction of sp³-hybridized carbons (Fsp3) is 0.333. The van der Waals surface area contributed by atoms with Gasteiger partial charge >= 0.3 is 0 Å². The van der Waals surface area contributed by atoms with E-state index >= 15 is 0 Å². The Labute approximate surface area is 180 Å². The molecule has 3 aliphatic heterocycles. The van der Waals surface area contributed by atoms with Gasteiger partial charge in [-0.25, -0.2) is 10.4 Å². The van der Waals surface area contributed by atoms with Crippen LogP contribution in [0.15, 0.2) is 65.1 Å². The first-order chi connectivity index (χ1) is 15.1. The van der Waals surface area contributed by atoms with Crippen molar-refractivity contribution in [2.24, 2.45) is 4.99 Å². The van der Waals surface area contributed by atoms with Gasteiger partial charge in [0.1, 0.15) is 42.8 Å². The standard InChI is InChI=1S/C21H26N6O4/c1-13-20(21(30)25-18-8-9-22-12-23-18)27-19(24-13)7-6-16(26-27)15-4-2-3-5-17(15)31-11-14(29)10-28/h2-9,14,16,19,22,24,26,28-29H,10-12H2,1H3,(H,23,25,30)/t14-,16?,19?/m1/s1. The van der Waals surface area contributed by atoms with Gasteiger partial charge in [-0.3, -0.25) is 9.80 Å².